The normalized spacial score (nSPS) is 18.3. The number of hydrogen-bond donors (Lipinski definition) is 1. The van der Waals surface area contributed by atoms with Gasteiger partial charge in [-0.05, 0) is 18.3 Å². The van der Waals surface area contributed by atoms with Crippen molar-refractivity contribution in [1.29, 1.82) is 0 Å². The molecule has 0 aliphatic heterocycles. The Labute approximate surface area is 114 Å². The zero-order valence-corrected chi connectivity index (χ0v) is 13.2. The van der Waals surface area contributed by atoms with Crippen molar-refractivity contribution in [2.75, 3.05) is 7.11 Å². The highest BCUT2D eigenvalue weighted by atomic mass is 16.6. The third-order valence-electron chi connectivity index (χ3n) is 4.47. The fraction of sp³-hybridized carbons (Fsp3) is 1.00. The van der Waals surface area contributed by atoms with E-state index in [0.717, 1.165) is 0 Å². The molecule has 2 nitrogen and oxygen atoms in total. The molecule has 0 aliphatic carbocycles. The molecule has 0 rings (SSSR count). The Morgan fingerprint density at radius 3 is 2.06 bits per heavy atom. The molecule has 0 aromatic carbocycles. The fourth-order valence-electron chi connectivity index (χ4n) is 2.66. The number of ether oxygens (including phenoxy) is 1. The number of aliphatic hydroxyl groups excluding tert-OH is 1. The van der Waals surface area contributed by atoms with E-state index in [-0.39, 0.29) is 11.3 Å². The third-order valence-corrected chi connectivity index (χ3v) is 4.47. The van der Waals surface area contributed by atoms with Crippen molar-refractivity contribution in [2.45, 2.75) is 85.4 Å². The summed E-state index contributed by atoms with van der Waals surface area (Å²) in [5.41, 5.74) is 0.208. The van der Waals surface area contributed by atoms with Gasteiger partial charge in [-0.25, -0.2) is 0 Å². The molecule has 1 unspecified atom stereocenters. The van der Waals surface area contributed by atoms with Crippen LogP contribution in [-0.2, 0) is 4.74 Å². The zero-order chi connectivity index (χ0) is 14.0. The van der Waals surface area contributed by atoms with Gasteiger partial charge >= 0.3 is 0 Å². The van der Waals surface area contributed by atoms with Gasteiger partial charge in [0.25, 0.3) is 0 Å². The molecule has 110 valence electrons. The summed E-state index contributed by atoms with van der Waals surface area (Å²) in [6, 6.07) is 0. The Kier molecular flexibility index (Phi) is 9.76. The first-order valence-corrected chi connectivity index (χ1v) is 7.72. The van der Waals surface area contributed by atoms with Crippen molar-refractivity contribution < 1.29 is 9.84 Å². The first kappa shape index (κ1) is 17.9. The van der Waals surface area contributed by atoms with E-state index in [2.05, 4.69) is 27.7 Å². The lowest BCUT2D eigenvalue weighted by molar-refractivity contribution is -0.141. The highest BCUT2D eigenvalue weighted by molar-refractivity contribution is 4.81. The second-order valence-electron chi connectivity index (χ2n) is 5.98. The van der Waals surface area contributed by atoms with Gasteiger partial charge in [0, 0.05) is 13.0 Å². The molecule has 0 amide bonds. The Morgan fingerprint density at radius 2 is 1.56 bits per heavy atom. The number of hydrogen-bond acceptors (Lipinski definition) is 2. The monoisotopic (exact) mass is 258 g/mol. The van der Waals surface area contributed by atoms with Crippen LogP contribution in [0.3, 0.4) is 0 Å². The van der Waals surface area contributed by atoms with Crippen molar-refractivity contribution in [2.24, 2.45) is 11.3 Å². The Hall–Kier alpha value is -0.0800. The predicted molar refractivity (Wildman–Crippen MR) is 78.6 cm³/mol. The second kappa shape index (κ2) is 9.80. The van der Waals surface area contributed by atoms with E-state index in [9.17, 15) is 5.11 Å². The highest BCUT2D eigenvalue weighted by Crippen LogP contribution is 2.40. The molecule has 0 spiro atoms. The van der Waals surface area contributed by atoms with Gasteiger partial charge in [-0.3, -0.25) is 0 Å². The van der Waals surface area contributed by atoms with Crippen molar-refractivity contribution >= 4 is 0 Å². The van der Waals surface area contributed by atoms with Crippen LogP contribution >= 0.6 is 0 Å². The lowest BCUT2D eigenvalue weighted by Crippen LogP contribution is -2.35. The van der Waals surface area contributed by atoms with E-state index in [1.807, 2.05) is 0 Å². The van der Waals surface area contributed by atoms with Gasteiger partial charge in [-0.2, -0.15) is 0 Å². The minimum Gasteiger partial charge on any atom is -0.368 e. The molecule has 3 atom stereocenters. The summed E-state index contributed by atoms with van der Waals surface area (Å²) >= 11 is 0. The molecule has 0 aliphatic rings. The first-order chi connectivity index (χ1) is 8.51. The summed E-state index contributed by atoms with van der Waals surface area (Å²) < 4.78 is 5.12. The molecule has 0 saturated heterocycles. The Morgan fingerprint density at radius 1 is 1.00 bits per heavy atom. The number of methoxy groups -OCH3 is 1. The standard InChI is InChI=1S/C16H34O2/c1-6-8-10-11-13-16(4,12-9-7-2)14(3)15(17)18-5/h14-15,17H,6-13H2,1-5H3/t14-,15-,16?/m1/s1. The van der Waals surface area contributed by atoms with Gasteiger partial charge in [-0.1, -0.05) is 66.2 Å². The van der Waals surface area contributed by atoms with E-state index in [1.54, 1.807) is 7.11 Å². The fourth-order valence-corrected chi connectivity index (χ4v) is 2.66. The second-order valence-corrected chi connectivity index (χ2v) is 5.98. The maximum atomic E-state index is 9.94. The van der Waals surface area contributed by atoms with E-state index in [4.69, 9.17) is 4.74 Å². The van der Waals surface area contributed by atoms with Crippen LogP contribution in [0.15, 0.2) is 0 Å². The molecule has 0 saturated carbocycles. The van der Waals surface area contributed by atoms with Crippen LogP contribution in [0.2, 0.25) is 0 Å². The van der Waals surface area contributed by atoms with Crippen LogP contribution in [0.4, 0.5) is 0 Å². The first-order valence-electron chi connectivity index (χ1n) is 7.72. The van der Waals surface area contributed by atoms with E-state index >= 15 is 0 Å². The number of rotatable bonds is 11. The third kappa shape index (κ3) is 6.19. The highest BCUT2D eigenvalue weighted by Gasteiger charge is 2.34. The lowest BCUT2D eigenvalue weighted by Gasteiger charge is -2.38. The molecule has 2 heteroatoms. The van der Waals surface area contributed by atoms with E-state index in [0.29, 0.717) is 0 Å². The smallest absolute Gasteiger partial charge is 0.157 e. The summed E-state index contributed by atoms with van der Waals surface area (Å²) in [4.78, 5) is 0. The van der Waals surface area contributed by atoms with Crippen LogP contribution in [0.5, 0.6) is 0 Å². The molecule has 1 N–H and O–H groups in total. The molecule has 0 fully saturated rings. The van der Waals surface area contributed by atoms with Crippen LogP contribution in [0.1, 0.15) is 79.1 Å². The Bertz CT molecular complexity index is 194. The van der Waals surface area contributed by atoms with Gasteiger partial charge in [0.1, 0.15) is 0 Å². The maximum absolute atomic E-state index is 9.94. The average molecular weight is 258 g/mol. The van der Waals surface area contributed by atoms with Crippen LogP contribution < -0.4 is 0 Å². The quantitative estimate of drug-likeness (QED) is 0.428. The molecule has 0 radical (unpaired) electrons. The van der Waals surface area contributed by atoms with Crippen molar-refractivity contribution in [3.8, 4) is 0 Å². The molecular weight excluding hydrogens is 224 g/mol. The largest absolute Gasteiger partial charge is 0.368 e. The topological polar surface area (TPSA) is 29.5 Å². The summed E-state index contributed by atoms with van der Waals surface area (Å²) in [5, 5.41) is 9.94. The van der Waals surface area contributed by atoms with E-state index < -0.39 is 6.29 Å². The van der Waals surface area contributed by atoms with Crippen molar-refractivity contribution in [3.05, 3.63) is 0 Å². The SMILES string of the molecule is CCCCCCC(C)(CCCC)[C@H](C)[C@H](O)OC. The molecular formula is C16H34O2. The van der Waals surface area contributed by atoms with Crippen molar-refractivity contribution in [1.82, 2.24) is 0 Å². The van der Waals surface area contributed by atoms with Gasteiger partial charge in [0.2, 0.25) is 0 Å². The number of unbranched alkanes of at least 4 members (excludes halogenated alkanes) is 4. The molecule has 18 heavy (non-hydrogen) atoms. The summed E-state index contributed by atoms with van der Waals surface area (Å²) in [5.74, 6) is 0.204. The minimum atomic E-state index is -0.627. The van der Waals surface area contributed by atoms with Crippen LogP contribution in [-0.4, -0.2) is 18.5 Å². The van der Waals surface area contributed by atoms with Crippen LogP contribution in [0, 0.1) is 11.3 Å². The summed E-state index contributed by atoms with van der Waals surface area (Å²) in [7, 11) is 1.60. The summed E-state index contributed by atoms with van der Waals surface area (Å²) in [6.07, 6.45) is 9.42. The maximum Gasteiger partial charge on any atom is 0.157 e. The van der Waals surface area contributed by atoms with Gasteiger partial charge in [0.15, 0.2) is 6.29 Å². The van der Waals surface area contributed by atoms with Crippen molar-refractivity contribution in [3.63, 3.8) is 0 Å². The average Bonchev–Trinajstić information content (AvgIpc) is 2.39. The number of aliphatic hydroxyl groups is 1. The van der Waals surface area contributed by atoms with Gasteiger partial charge in [0.05, 0.1) is 0 Å². The van der Waals surface area contributed by atoms with Gasteiger partial charge < -0.3 is 9.84 Å². The molecule has 0 bridgehead atoms. The predicted octanol–water partition coefficient (Wildman–Crippen LogP) is 4.75. The Balaban J connectivity index is 4.40. The van der Waals surface area contributed by atoms with Gasteiger partial charge in [-0.15, -0.1) is 0 Å². The molecule has 0 heterocycles. The zero-order valence-electron chi connectivity index (χ0n) is 13.2. The van der Waals surface area contributed by atoms with Crippen LogP contribution in [0.25, 0.3) is 0 Å². The molecule has 0 aromatic rings. The summed E-state index contributed by atoms with van der Waals surface area (Å²) in [6.45, 7) is 8.92. The minimum absolute atomic E-state index is 0.204. The molecule has 0 aromatic heterocycles. The van der Waals surface area contributed by atoms with E-state index in [1.165, 1.54) is 51.4 Å². The lowest BCUT2D eigenvalue weighted by atomic mass is 9.70.